The first-order valence-corrected chi connectivity index (χ1v) is 9.15. The molecule has 146 valence electrons. The van der Waals surface area contributed by atoms with Crippen LogP contribution in [-0.4, -0.2) is 41.8 Å². The number of allylic oxidation sites excluding steroid dienone is 1. The summed E-state index contributed by atoms with van der Waals surface area (Å²) in [5, 5.41) is 4.90. The molecule has 0 bridgehead atoms. The molecule has 1 heterocycles. The third kappa shape index (κ3) is 4.60. The number of nitrogens with one attached hydrogen (secondary N) is 2. The van der Waals surface area contributed by atoms with Crippen LogP contribution in [0.5, 0.6) is 0 Å². The van der Waals surface area contributed by atoms with Crippen molar-refractivity contribution in [1.82, 2.24) is 10.2 Å². The Balaban J connectivity index is 2.36. The number of esters is 1. The molecule has 3 amide bonds. The van der Waals surface area contributed by atoms with Crippen molar-refractivity contribution >= 4 is 35.2 Å². The molecule has 0 saturated carbocycles. The Morgan fingerprint density at radius 1 is 1.33 bits per heavy atom. The third-order valence-electron chi connectivity index (χ3n) is 4.32. The predicted molar refractivity (Wildman–Crippen MR) is 103 cm³/mol. The zero-order valence-electron chi connectivity index (χ0n) is 15.8. The molecule has 8 heteroatoms. The highest BCUT2D eigenvalue weighted by molar-refractivity contribution is 6.32. The number of alkyl halides is 1. The minimum absolute atomic E-state index is 0.264. The van der Waals surface area contributed by atoms with Crippen LogP contribution in [0.15, 0.2) is 35.5 Å². The van der Waals surface area contributed by atoms with Gasteiger partial charge in [-0.15, -0.1) is 11.6 Å². The van der Waals surface area contributed by atoms with Crippen LogP contribution in [0, 0.1) is 0 Å². The van der Waals surface area contributed by atoms with Crippen LogP contribution < -0.4 is 10.6 Å². The van der Waals surface area contributed by atoms with Gasteiger partial charge in [-0.25, -0.2) is 9.59 Å². The minimum atomic E-state index is -0.650. The maximum Gasteiger partial charge on any atom is 0.337 e. The number of hydrogen-bond donors (Lipinski definition) is 2. The largest absolute Gasteiger partial charge is 0.466 e. The molecular formula is C19H24ClN3O4. The molecule has 1 aromatic rings. The van der Waals surface area contributed by atoms with Gasteiger partial charge < -0.3 is 15.4 Å². The van der Waals surface area contributed by atoms with E-state index < -0.39 is 17.4 Å². The van der Waals surface area contributed by atoms with E-state index in [4.69, 9.17) is 16.3 Å². The summed E-state index contributed by atoms with van der Waals surface area (Å²) in [6.45, 7) is 5.79. The van der Waals surface area contributed by atoms with Gasteiger partial charge in [-0.2, -0.15) is 0 Å². The van der Waals surface area contributed by atoms with Crippen molar-refractivity contribution in [1.29, 1.82) is 0 Å². The van der Waals surface area contributed by atoms with Gasteiger partial charge in [0.1, 0.15) is 5.38 Å². The molecule has 0 spiro atoms. The van der Waals surface area contributed by atoms with Gasteiger partial charge in [0.2, 0.25) is 5.91 Å². The number of anilines is 1. The maximum atomic E-state index is 12.5. The van der Waals surface area contributed by atoms with Crippen LogP contribution in [0.3, 0.4) is 0 Å². The Morgan fingerprint density at radius 3 is 2.48 bits per heavy atom. The second kappa shape index (κ2) is 8.90. The molecule has 2 N–H and O–H groups in total. The van der Waals surface area contributed by atoms with E-state index in [1.807, 2.05) is 6.92 Å². The molecule has 7 nitrogen and oxygen atoms in total. The van der Waals surface area contributed by atoms with Gasteiger partial charge in [-0.1, -0.05) is 19.1 Å². The zero-order valence-corrected chi connectivity index (χ0v) is 16.6. The van der Waals surface area contributed by atoms with Crippen molar-refractivity contribution in [3.05, 3.63) is 41.1 Å². The van der Waals surface area contributed by atoms with Gasteiger partial charge in [0.05, 0.1) is 18.7 Å². The van der Waals surface area contributed by atoms with E-state index in [0.29, 0.717) is 29.1 Å². The van der Waals surface area contributed by atoms with Crippen LogP contribution in [-0.2, 0) is 14.3 Å². The lowest BCUT2D eigenvalue weighted by Gasteiger charge is -2.35. The highest BCUT2D eigenvalue weighted by Gasteiger charge is 2.35. The Hall–Kier alpha value is -2.54. The first kappa shape index (κ1) is 20.8. The van der Waals surface area contributed by atoms with Crippen molar-refractivity contribution in [2.45, 2.75) is 38.6 Å². The predicted octanol–water partition coefficient (Wildman–Crippen LogP) is 3.18. The molecule has 0 aromatic heterocycles. The minimum Gasteiger partial charge on any atom is -0.466 e. The maximum absolute atomic E-state index is 12.5. The van der Waals surface area contributed by atoms with E-state index in [1.165, 1.54) is 7.11 Å². The summed E-state index contributed by atoms with van der Waals surface area (Å²) in [6.07, 6.45) is 0.761. The summed E-state index contributed by atoms with van der Waals surface area (Å²) in [4.78, 5) is 38.1. The Bertz CT molecular complexity index is 759. The van der Waals surface area contributed by atoms with Crippen molar-refractivity contribution in [2.75, 3.05) is 19.0 Å². The van der Waals surface area contributed by atoms with Gasteiger partial charge in [-0.3, -0.25) is 9.69 Å². The Kier molecular flexibility index (Phi) is 6.85. The number of benzene rings is 1. The van der Waals surface area contributed by atoms with Crippen molar-refractivity contribution in [2.24, 2.45) is 0 Å². The summed E-state index contributed by atoms with van der Waals surface area (Å²) in [7, 11) is 1.31. The molecule has 0 saturated heterocycles. The number of rotatable bonds is 6. The van der Waals surface area contributed by atoms with E-state index in [9.17, 15) is 14.4 Å². The molecule has 0 aliphatic carbocycles. The second-order valence-corrected chi connectivity index (χ2v) is 6.91. The van der Waals surface area contributed by atoms with E-state index in [1.54, 1.807) is 43.0 Å². The van der Waals surface area contributed by atoms with Gasteiger partial charge in [0, 0.05) is 17.9 Å². The van der Waals surface area contributed by atoms with E-state index in [0.717, 1.165) is 6.42 Å². The van der Waals surface area contributed by atoms with Gasteiger partial charge in [-0.05, 0) is 38.0 Å². The van der Waals surface area contributed by atoms with Crippen molar-refractivity contribution in [3.8, 4) is 0 Å². The Morgan fingerprint density at radius 2 is 1.96 bits per heavy atom. The summed E-state index contributed by atoms with van der Waals surface area (Å²) in [6, 6.07) is 5.98. The van der Waals surface area contributed by atoms with E-state index in [-0.39, 0.29) is 11.9 Å². The first-order chi connectivity index (χ1) is 12.8. The fraction of sp³-hybridized carbons (Fsp3) is 0.421. The molecule has 2 unspecified atom stereocenters. The molecule has 27 heavy (non-hydrogen) atoms. The number of urea groups is 1. The van der Waals surface area contributed by atoms with Gasteiger partial charge in [0.15, 0.2) is 0 Å². The zero-order chi connectivity index (χ0) is 20.1. The lowest BCUT2D eigenvalue weighted by atomic mass is 9.94. The standard InChI is InChI=1S/C19H24ClN3O4/c1-5-10-23-12(3)15(18(25)27-4)16(22-19(23)26)13-6-8-14(9-7-13)21-17(24)11(2)20/h6-9,11,16H,5,10H2,1-4H3,(H,21,24)(H,22,26). The quantitative estimate of drug-likeness (QED) is 0.574. The average Bonchev–Trinajstić information content (AvgIpc) is 2.64. The Labute approximate surface area is 163 Å². The van der Waals surface area contributed by atoms with Crippen LogP contribution in [0.4, 0.5) is 10.5 Å². The topological polar surface area (TPSA) is 87.7 Å². The summed E-state index contributed by atoms with van der Waals surface area (Å²) in [5.41, 5.74) is 2.24. The first-order valence-electron chi connectivity index (χ1n) is 8.72. The number of amides is 3. The molecule has 1 aliphatic rings. The molecule has 0 fully saturated rings. The van der Waals surface area contributed by atoms with Crippen LogP contribution in [0.2, 0.25) is 0 Å². The summed E-state index contributed by atoms with van der Waals surface area (Å²) < 4.78 is 4.93. The number of methoxy groups -OCH3 is 1. The number of ether oxygens (including phenoxy) is 1. The highest BCUT2D eigenvalue weighted by atomic mass is 35.5. The SMILES string of the molecule is CCCN1C(=O)NC(c2ccc(NC(=O)C(C)Cl)cc2)C(C(=O)OC)=C1C. The smallest absolute Gasteiger partial charge is 0.337 e. The summed E-state index contributed by atoms with van der Waals surface area (Å²) >= 11 is 5.75. The fourth-order valence-corrected chi connectivity index (χ4v) is 2.95. The van der Waals surface area contributed by atoms with Crippen molar-refractivity contribution < 1.29 is 19.1 Å². The van der Waals surface area contributed by atoms with Gasteiger partial charge in [0.25, 0.3) is 0 Å². The monoisotopic (exact) mass is 393 g/mol. The molecular weight excluding hydrogens is 370 g/mol. The van der Waals surface area contributed by atoms with Crippen LogP contribution in [0.1, 0.15) is 38.8 Å². The van der Waals surface area contributed by atoms with E-state index in [2.05, 4.69) is 10.6 Å². The fourth-order valence-electron chi connectivity index (χ4n) is 2.90. The number of nitrogens with zero attached hydrogens (tertiary/aromatic N) is 1. The summed E-state index contributed by atoms with van der Waals surface area (Å²) in [5.74, 6) is -0.802. The van der Waals surface area contributed by atoms with Gasteiger partial charge >= 0.3 is 12.0 Å². The third-order valence-corrected chi connectivity index (χ3v) is 4.52. The molecule has 0 radical (unpaired) electrons. The average molecular weight is 394 g/mol. The molecule has 2 atom stereocenters. The van der Waals surface area contributed by atoms with Crippen LogP contribution >= 0.6 is 11.6 Å². The second-order valence-electron chi connectivity index (χ2n) is 6.25. The number of carbonyl (C=O) groups excluding carboxylic acids is 3. The number of carbonyl (C=O) groups is 3. The van der Waals surface area contributed by atoms with Crippen LogP contribution in [0.25, 0.3) is 0 Å². The molecule has 2 rings (SSSR count). The lowest BCUT2D eigenvalue weighted by molar-refractivity contribution is -0.136. The number of halogens is 1. The highest BCUT2D eigenvalue weighted by Crippen LogP contribution is 2.31. The number of hydrogen-bond acceptors (Lipinski definition) is 4. The normalized spacial score (nSPS) is 18.0. The van der Waals surface area contributed by atoms with E-state index >= 15 is 0 Å². The molecule has 1 aliphatic heterocycles. The molecule has 1 aromatic carbocycles. The van der Waals surface area contributed by atoms with Crippen molar-refractivity contribution in [3.63, 3.8) is 0 Å². The lowest BCUT2D eigenvalue weighted by Crippen LogP contribution is -2.48.